The van der Waals surface area contributed by atoms with Gasteiger partial charge in [-0.05, 0) is 12.8 Å². The van der Waals surface area contributed by atoms with E-state index in [1.165, 1.54) is 0 Å². The van der Waals surface area contributed by atoms with Crippen molar-refractivity contribution >= 4 is 17.4 Å². The Morgan fingerprint density at radius 1 is 1.53 bits per heavy atom. The lowest BCUT2D eigenvalue weighted by Crippen LogP contribution is -2.13. The molecule has 0 radical (unpaired) electrons. The van der Waals surface area contributed by atoms with Gasteiger partial charge >= 0.3 is 0 Å². The van der Waals surface area contributed by atoms with Gasteiger partial charge in [0.25, 0.3) is 0 Å². The Kier molecular flexibility index (Phi) is 5.18. The summed E-state index contributed by atoms with van der Waals surface area (Å²) in [6, 6.07) is 0. The lowest BCUT2D eigenvalue weighted by atomic mass is 10.2. The molecule has 1 N–H and O–H groups in total. The minimum atomic E-state index is 0.407. The largest absolute Gasteiger partial charge is 0.477 e. The minimum Gasteiger partial charge on any atom is -0.477 e. The van der Waals surface area contributed by atoms with Crippen LogP contribution in [0.5, 0.6) is 5.88 Å². The molecule has 1 aromatic rings. The molecule has 0 amide bonds. The maximum Gasteiger partial charge on any atom is 0.234 e. The molecule has 1 unspecified atom stereocenters. The van der Waals surface area contributed by atoms with E-state index in [-0.39, 0.29) is 0 Å². The summed E-state index contributed by atoms with van der Waals surface area (Å²) >= 11 is 5.70. The van der Waals surface area contributed by atoms with E-state index in [4.69, 9.17) is 16.3 Å². The SMILES string of the molecule is CCOc1cncc(NCC(C)CCl)n1. The molecule has 0 bridgehead atoms. The molecule has 1 heterocycles. The smallest absolute Gasteiger partial charge is 0.234 e. The Labute approximate surface area is 95.0 Å². The predicted molar refractivity (Wildman–Crippen MR) is 61.6 cm³/mol. The Morgan fingerprint density at radius 3 is 3.00 bits per heavy atom. The number of ether oxygens (including phenoxy) is 1. The fourth-order valence-electron chi connectivity index (χ4n) is 0.984. The van der Waals surface area contributed by atoms with Crippen LogP contribution in [0.15, 0.2) is 12.4 Å². The summed E-state index contributed by atoms with van der Waals surface area (Å²) in [6.07, 6.45) is 3.27. The zero-order chi connectivity index (χ0) is 11.1. The molecule has 0 aliphatic heterocycles. The fourth-order valence-corrected chi connectivity index (χ4v) is 1.09. The number of anilines is 1. The summed E-state index contributed by atoms with van der Waals surface area (Å²) in [5.41, 5.74) is 0. The van der Waals surface area contributed by atoms with Gasteiger partial charge in [0.15, 0.2) is 0 Å². The van der Waals surface area contributed by atoms with Crippen LogP contribution in [-0.2, 0) is 0 Å². The lowest BCUT2D eigenvalue weighted by Gasteiger charge is -2.10. The van der Waals surface area contributed by atoms with Crippen LogP contribution < -0.4 is 10.1 Å². The van der Waals surface area contributed by atoms with Crippen molar-refractivity contribution in [3.05, 3.63) is 12.4 Å². The average molecular weight is 230 g/mol. The van der Waals surface area contributed by atoms with Gasteiger partial charge in [-0.1, -0.05) is 6.92 Å². The molecule has 5 heteroatoms. The standard InChI is InChI=1S/C10H16ClN3O/c1-3-15-10-7-12-6-9(14-10)13-5-8(2)4-11/h6-8H,3-5H2,1-2H3,(H,13,14). The van der Waals surface area contributed by atoms with Gasteiger partial charge in [0.2, 0.25) is 5.88 Å². The number of nitrogens with one attached hydrogen (secondary N) is 1. The molecular formula is C10H16ClN3O. The van der Waals surface area contributed by atoms with Crippen LogP contribution in [0.1, 0.15) is 13.8 Å². The maximum atomic E-state index is 5.70. The third kappa shape index (κ3) is 4.34. The van der Waals surface area contributed by atoms with E-state index < -0.39 is 0 Å². The Balaban J connectivity index is 2.50. The second kappa shape index (κ2) is 6.45. The highest BCUT2D eigenvalue weighted by Crippen LogP contribution is 2.09. The molecule has 0 aromatic carbocycles. The van der Waals surface area contributed by atoms with E-state index in [1.54, 1.807) is 12.4 Å². The minimum absolute atomic E-state index is 0.407. The second-order valence-electron chi connectivity index (χ2n) is 3.32. The summed E-state index contributed by atoms with van der Waals surface area (Å²) < 4.78 is 5.24. The first-order chi connectivity index (χ1) is 7.26. The van der Waals surface area contributed by atoms with Crippen molar-refractivity contribution in [2.45, 2.75) is 13.8 Å². The van der Waals surface area contributed by atoms with Crippen molar-refractivity contribution in [3.63, 3.8) is 0 Å². The number of aromatic nitrogens is 2. The van der Waals surface area contributed by atoms with Gasteiger partial charge in [-0.2, -0.15) is 4.98 Å². The first-order valence-electron chi connectivity index (χ1n) is 5.01. The summed E-state index contributed by atoms with van der Waals surface area (Å²) in [5.74, 6) is 2.30. The van der Waals surface area contributed by atoms with Crippen LogP contribution in [0.3, 0.4) is 0 Å². The first kappa shape index (κ1) is 12.0. The normalized spacial score (nSPS) is 12.2. The third-order valence-corrected chi connectivity index (χ3v) is 2.33. The summed E-state index contributed by atoms with van der Waals surface area (Å²) in [5, 5.41) is 3.16. The summed E-state index contributed by atoms with van der Waals surface area (Å²) in [4.78, 5) is 8.25. The molecule has 0 spiro atoms. The number of nitrogens with zero attached hydrogens (tertiary/aromatic N) is 2. The monoisotopic (exact) mass is 229 g/mol. The van der Waals surface area contributed by atoms with Crippen LogP contribution in [-0.4, -0.2) is 29.0 Å². The summed E-state index contributed by atoms with van der Waals surface area (Å²) in [6.45, 7) is 5.36. The van der Waals surface area contributed by atoms with Crippen LogP contribution in [0, 0.1) is 5.92 Å². The van der Waals surface area contributed by atoms with Gasteiger partial charge in [-0.25, -0.2) is 0 Å². The Morgan fingerprint density at radius 2 is 2.33 bits per heavy atom. The topological polar surface area (TPSA) is 47.0 Å². The number of rotatable bonds is 6. The van der Waals surface area contributed by atoms with Crippen molar-refractivity contribution in [2.75, 3.05) is 24.3 Å². The van der Waals surface area contributed by atoms with Crippen molar-refractivity contribution in [2.24, 2.45) is 5.92 Å². The van der Waals surface area contributed by atoms with Crippen molar-refractivity contribution in [3.8, 4) is 5.88 Å². The van der Waals surface area contributed by atoms with E-state index in [1.807, 2.05) is 6.92 Å². The van der Waals surface area contributed by atoms with Crippen molar-refractivity contribution in [1.29, 1.82) is 0 Å². The lowest BCUT2D eigenvalue weighted by molar-refractivity contribution is 0.325. The molecule has 84 valence electrons. The van der Waals surface area contributed by atoms with Gasteiger partial charge in [0.05, 0.1) is 19.0 Å². The quantitative estimate of drug-likeness (QED) is 0.760. The van der Waals surface area contributed by atoms with Crippen LogP contribution in [0.25, 0.3) is 0 Å². The van der Waals surface area contributed by atoms with E-state index in [9.17, 15) is 0 Å². The fraction of sp³-hybridized carbons (Fsp3) is 0.600. The second-order valence-corrected chi connectivity index (χ2v) is 3.62. The third-order valence-electron chi connectivity index (χ3n) is 1.80. The van der Waals surface area contributed by atoms with Crippen LogP contribution in [0.4, 0.5) is 5.82 Å². The molecule has 4 nitrogen and oxygen atoms in total. The van der Waals surface area contributed by atoms with Crippen LogP contribution in [0.2, 0.25) is 0 Å². The van der Waals surface area contributed by atoms with E-state index >= 15 is 0 Å². The Hall–Kier alpha value is -1.03. The van der Waals surface area contributed by atoms with Crippen LogP contribution >= 0.6 is 11.6 Å². The highest BCUT2D eigenvalue weighted by atomic mass is 35.5. The summed E-state index contributed by atoms with van der Waals surface area (Å²) in [7, 11) is 0. The number of alkyl halides is 1. The molecule has 1 aromatic heterocycles. The Bertz CT molecular complexity index is 296. The molecule has 0 saturated heterocycles. The molecule has 15 heavy (non-hydrogen) atoms. The highest BCUT2D eigenvalue weighted by molar-refractivity contribution is 6.18. The number of hydrogen-bond acceptors (Lipinski definition) is 4. The van der Waals surface area contributed by atoms with E-state index in [0.717, 1.165) is 12.4 Å². The van der Waals surface area contributed by atoms with Gasteiger partial charge < -0.3 is 10.1 Å². The van der Waals surface area contributed by atoms with Crippen molar-refractivity contribution < 1.29 is 4.74 Å². The molecular weight excluding hydrogens is 214 g/mol. The van der Waals surface area contributed by atoms with Crippen molar-refractivity contribution in [1.82, 2.24) is 9.97 Å². The van der Waals surface area contributed by atoms with Gasteiger partial charge in [-0.3, -0.25) is 4.98 Å². The van der Waals surface area contributed by atoms with Gasteiger partial charge in [-0.15, -0.1) is 11.6 Å². The number of hydrogen-bond donors (Lipinski definition) is 1. The van der Waals surface area contributed by atoms with E-state index in [2.05, 4.69) is 22.2 Å². The van der Waals surface area contributed by atoms with Gasteiger partial charge in [0.1, 0.15) is 5.82 Å². The molecule has 0 saturated carbocycles. The van der Waals surface area contributed by atoms with E-state index in [0.29, 0.717) is 24.3 Å². The number of halogens is 1. The predicted octanol–water partition coefficient (Wildman–Crippen LogP) is 2.16. The first-order valence-corrected chi connectivity index (χ1v) is 5.54. The average Bonchev–Trinajstić information content (AvgIpc) is 2.27. The molecule has 0 aliphatic carbocycles. The zero-order valence-electron chi connectivity index (χ0n) is 9.03. The zero-order valence-corrected chi connectivity index (χ0v) is 9.79. The van der Waals surface area contributed by atoms with Gasteiger partial charge in [0, 0.05) is 12.4 Å². The highest BCUT2D eigenvalue weighted by Gasteiger charge is 2.02. The molecule has 1 rings (SSSR count). The molecule has 0 aliphatic rings. The molecule has 1 atom stereocenters. The molecule has 0 fully saturated rings. The maximum absolute atomic E-state index is 5.70.